The van der Waals surface area contributed by atoms with Crippen molar-refractivity contribution in [2.24, 2.45) is 0 Å². The number of amides is 2. The van der Waals surface area contributed by atoms with Gasteiger partial charge in [-0.25, -0.2) is 10.3 Å². The number of benzene rings is 1. The Morgan fingerprint density at radius 3 is 2.75 bits per heavy atom. The van der Waals surface area contributed by atoms with Crippen LogP contribution >= 0.6 is 0 Å². The summed E-state index contributed by atoms with van der Waals surface area (Å²) in [7, 11) is 1.79. The summed E-state index contributed by atoms with van der Waals surface area (Å²) < 4.78 is 0. The fourth-order valence-corrected chi connectivity index (χ4v) is 1.88. The van der Waals surface area contributed by atoms with Crippen molar-refractivity contribution < 1.29 is 10.0 Å². The van der Waals surface area contributed by atoms with E-state index in [1.165, 1.54) is 0 Å². The lowest BCUT2D eigenvalue weighted by molar-refractivity contribution is 0.161. The van der Waals surface area contributed by atoms with E-state index in [0.29, 0.717) is 13.1 Å². The van der Waals surface area contributed by atoms with Crippen molar-refractivity contribution in [3.05, 3.63) is 29.8 Å². The van der Waals surface area contributed by atoms with Gasteiger partial charge in [0.05, 0.1) is 5.69 Å². The van der Waals surface area contributed by atoms with E-state index < -0.39 is 0 Å². The van der Waals surface area contributed by atoms with Gasteiger partial charge in [-0.3, -0.25) is 4.90 Å². The Hall–Kier alpha value is -1.59. The third kappa shape index (κ3) is 1.87. The number of carbonyl (C=O) groups excluding carboxylic acids is 1. The average molecular weight is 221 g/mol. The van der Waals surface area contributed by atoms with E-state index in [2.05, 4.69) is 5.48 Å². The molecule has 1 fully saturated rings. The van der Waals surface area contributed by atoms with Crippen molar-refractivity contribution in [1.82, 2.24) is 10.4 Å². The molecule has 16 heavy (non-hydrogen) atoms. The van der Waals surface area contributed by atoms with Crippen molar-refractivity contribution in [2.75, 3.05) is 25.0 Å². The first-order valence-electron chi connectivity index (χ1n) is 5.21. The maximum Gasteiger partial charge on any atom is 0.324 e. The van der Waals surface area contributed by atoms with E-state index in [0.717, 1.165) is 17.8 Å². The summed E-state index contributed by atoms with van der Waals surface area (Å²) in [6, 6.07) is 7.57. The van der Waals surface area contributed by atoms with E-state index in [-0.39, 0.29) is 6.03 Å². The molecule has 1 aliphatic rings. The van der Waals surface area contributed by atoms with E-state index in [1.54, 1.807) is 16.8 Å². The van der Waals surface area contributed by atoms with Crippen molar-refractivity contribution in [1.29, 1.82) is 0 Å². The number of hydrogen-bond donors (Lipinski definition) is 2. The number of hydroxylamine groups is 1. The second-order valence-corrected chi connectivity index (χ2v) is 3.82. The van der Waals surface area contributed by atoms with E-state index in [4.69, 9.17) is 5.21 Å². The maximum absolute atomic E-state index is 11.8. The van der Waals surface area contributed by atoms with Crippen LogP contribution in [0.15, 0.2) is 24.3 Å². The lowest BCUT2D eigenvalue weighted by Crippen LogP contribution is -2.30. The minimum absolute atomic E-state index is 0.00499. The van der Waals surface area contributed by atoms with E-state index >= 15 is 0 Å². The van der Waals surface area contributed by atoms with Crippen LogP contribution in [0.3, 0.4) is 0 Å². The number of para-hydroxylation sites is 1. The molecule has 0 radical (unpaired) electrons. The summed E-state index contributed by atoms with van der Waals surface area (Å²) in [6.07, 6.45) is 0. The van der Waals surface area contributed by atoms with Gasteiger partial charge in [0, 0.05) is 26.7 Å². The van der Waals surface area contributed by atoms with Gasteiger partial charge in [-0.05, 0) is 11.6 Å². The second-order valence-electron chi connectivity index (χ2n) is 3.82. The molecule has 0 spiro atoms. The molecule has 1 saturated heterocycles. The van der Waals surface area contributed by atoms with Crippen LogP contribution in [-0.4, -0.2) is 36.3 Å². The van der Waals surface area contributed by atoms with Gasteiger partial charge < -0.3 is 10.1 Å². The molecule has 0 aromatic heterocycles. The second kappa shape index (κ2) is 4.51. The van der Waals surface area contributed by atoms with Crippen molar-refractivity contribution >= 4 is 11.7 Å². The summed E-state index contributed by atoms with van der Waals surface area (Å²) in [4.78, 5) is 15.2. The summed E-state index contributed by atoms with van der Waals surface area (Å²) in [5.41, 5.74) is 3.89. The third-order valence-corrected chi connectivity index (χ3v) is 2.77. The Labute approximate surface area is 94.2 Å². The predicted octanol–water partition coefficient (Wildman–Crippen LogP) is 1.04. The fraction of sp³-hybridized carbons (Fsp3) is 0.364. The fourth-order valence-electron chi connectivity index (χ4n) is 1.88. The van der Waals surface area contributed by atoms with Gasteiger partial charge >= 0.3 is 6.03 Å². The molecule has 5 heteroatoms. The van der Waals surface area contributed by atoms with Gasteiger partial charge in [-0.15, -0.1) is 0 Å². The van der Waals surface area contributed by atoms with Crippen LogP contribution in [0.4, 0.5) is 10.5 Å². The number of likely N-dealkylation sites (N-methyl/N-ethyl adjacent to an activating group) is 1. The van der Waals surface area contributed by atoms with Gasteiger partial charge in [-0.1, -0.05) is 18.2 Å². The molecule has 5 nitrogen and oxygen atoms in total. The first-order valence-corrected chi connectivity index (χ1v) is 5.21. The number of nitrogens with one attached hydrogen (secondary N) is 1. The Kier molecular flexibility index (Phi) is 3.07. The first-order chi connectivity index (χ1) is 7.74. The molecule has 0 atom stereocenters. The zero-order chi connectivity index (χ0) is 11.5. The highest BCUT2D eigenvalue weighted by molar-refractivity contribution is 5.94. The van der Waals surface area contributed by atoms with Crippen LogP contribution < -0.4 is 10.4 Å². The summed E-state index contributed by atoms with van der Waals surface area (Å²) in [5.74, 6) is 0. The number of carbonyl (C=O) groups is 1. The van der Waals surface area contributed by atoms with Gasteiger partial charge in [0.25, 0.3) is 0 Å². The average Bonchev–Trinajstić information content (AvgIpc) is 2.61. The highest BCUT2D eigenvalue weighted by Gasteiger charge is 2.27. The Balaban J connectivity index is 2.29. The first kappa shape index (κ1) is 10.9. The highest BCUT2D eigenvalue weighted by atomic mass is 16.5. The SMILES string of the molecule is CN1CCN(c2ccccc2CNO)C1=O. The van der Waals surface area contributed by atoms with Crippen LogP contribution in [0.25, 0.3) is 0 Å². The van der Waals surface area contributed by atoms with Crippen LogP contribution in [0, 0.1) is 0 Å². The van der Waals surface area contributed by atoms with Gasteiger partial charge in [0.15, 0.2) is 0 Å². The summed E-state index contributed by atoms with van der Waals surface area (Å²) >= 11 is 0. The highest BCUT2D eigenvalue weighted by Crippen LogP contribution is 2.23. The minimum atomic E-state index is 0.00499. The maximum atomic E-state index is 11.8. The van der Waals surface area contributed by atoms with Crippen molar-refractivity contribution in [2.45, 2.75) is 6.54 Å². The van der Waals surface area contributed by atoms with Crippen molar-refractivity contribution in [3.8, 4) is 0 Å². The van der Waals surface area contributed by atoms with Crippen LogP contribution in [0.5, 0.6) is 0 Å². The summed E-state index contributed by atoms with van der Waals surface area (Å²) in [6.45, 7) is 1.77. The zero-order valence-electron chi connectivity index (χ0n) is 9.18. The molecule has 0 bridgehead atoms. The van der Waals surface area contributed by atoms with E-state index in [1.807, 2.05) is 24.3 Å². The molecule has 0 saturated carbocycles. The molecule has 1 aliphatic heterocycles. The van der Waals surface area contributed by atoms with Crippen LogP contribution in [-0.2, 0) is 6.54 Å². The van der Waals surface area contributed by atoms with Gasteiger partial charge in [0.1, 0.15) is 0 Å². The third-order valence-electron chi connectivity index (χ3n) is 2.77. The van der Waals surface area contributed by atoms with Crippen LogP contribution in [0.1, 0.15) is 5.56 Å². The predicted molar refractivity (Wildman–Crippen MR) is 60.4 cm³/mol. The summed E-state index contributed by atoms with van der Waals surface area (Å²) in [5, 5.41) is 8.74. The molecule has 1 heterocycles. The molecule has 2 N–H and O–H groups in total. The smallest absolute Gasteiger partial charge is 0.324 e. The number of rotatable bonds is 3. The zero-order valence-corrected chi connectivity index (χ0v) is 9.18. The number of hydrogen-bond acceptors (Lipinski definition) is 3. The molecule has 0 aliphatic carbocycles. The number of urea groups is 1. The molecule has 1 aromatic rings. The van der Waals surface area contributed by atoms with Gasteiger partial charge in [0.2, 0.25) is 0 Å². The molecule has 2 amide bonds. The molecular weight excluding hydrogens is 206 g/mol. The lowest BCUT2D eigenvalue weighted by Gasteiger charge is -2.19. The molecular formula is C11H15N3O2. The normalized spacial score (nSPS) is 16.0. The Morgan fingerprint density at radius 1 is 1.38 bits per heavy atom. The quantitative estimate of drug-likeness (QED) is 0.750. The monoisotopic (exact) mass is 221 g/mol. The van der Waals surface area contributed by atoms with E-state index in [9.17, 15) is 4.79 Å². The Morgan fingerprint density at radius 2 is 2.12 bits per heavy atom. The largest absolute Gasteiger partial charge is 0.326 e. The Bertz CT molecular complexity index is 395. The van der Waals surface area contributed by atoms with Crippen molar-refractivity contribution in [3.63, 3.8) is 0 Å². The van der Waals surface area contributed by atoms with Crippen LogP contribution in [0.2, 0.25) is 0 Å². The molecule has 1 aromatic carbocycles. The minimum Gasteiger partial charge on any atom is -0.326 e. The standard InChI is InChI=1S/C11H15N3O2/c1-13-6-7-14(11(13)15)10-5-3-2-4-9(10)8-12-16/h2-5,12,16H,6-8H2,1H3. The molecule has 86 valence electrons. The molecule has 2 rings (SSSR count). The molecule has 0 unspecified atom stereocenters. The number of anilines is 1. The topological polar surface area (TPSA) is 55.8 Å². The lowest BCUT2D eigenvalue weighted by atomic mass is 10.1. The van der Waals surface area contributed by atoms with Gasteiger partial charge in [-0.2, -0.15) is 0 Å². The number of nitrogens with zero attached hydrogens (tertiary/aromatic N) is 2.